The molecular formula is C72H102N22O18S2. The maximum absolute atomic E-state index is 15.2. The molecule has 0 bridgehead atoms. The van der Waals surface area contributed by atoms with E-state index in [-0.39, 0.29) is 44.3 Å². The summed E-state index contributed by atoms with van der Waals surface area (Å²) in [5.41, 5.74) is 19.2. The minimum atomic E-state index is -2.06. The molecule has 4 heterocycles. The van der Waals surface area contributed by atoms with Gasteiger partial charge in [-0.05, 0) is 68.2 Å². The molecular weight excluding hydrogens is 1530 g/mol. The maximum Gasteiger partial charge on any atom is 0.305 e. The van der Waals surface area contributed by atoms with Crippen molar-refractivity contribution in [3.05, 3.63) is 90.3 Å². The molecule has 1 fully saturated rings. The first-order valence-corrected chi connectivity index (χ1v) is 39.2. The monoisotopic (exact) mass is 1630 g/mol. The quantitative estimate of drug-likeness (QED) is 0.0113. The molecule has 6 rings (SSSR count). The normalized spacial score (nSPS) is 22.6. The molecule has 25 N–H and O–H groups in total. The van der Waals surface area contributed by atoms with Crippen LogP contribution < -0.4 is 91.6 Å². The van der Waals surface area contributed by atoms with Gasteiger partial charge in [-0.15, -0.1) is 0 Å². The molecule has 42 heteroatoms. The third-order valence-corrected chi connectivity index (χ3v) is 20.9. The van der Waals surface area contributed by atoms with Crippen molar-refractivity contribution in [2.45, 2.75) is 185 Å². The lowest BCUT2D eigenvalue weighted by atomic mass is 9.97. The number of aliphatic carboxylic acids is 1. The van der Waals surface area contributed by atoms with Crippen LogP contribution in [-0.4, -0.2) is 233 Å². The van der Waals surface area contributed by atoms with Gasteiger partial charge in [0.05, 0.1) is 25.4 Å². The zero-order chi connectivity index (χ0) is 84.2. The van der Waals surface area contributed by atoms with Gasteiger partial charge in [-0.2, -0.15) is 0 Å². The highest BCUT2D eigenvalue weighted by atomic mass is 33.1. The van der Waals surface area contributed by atoms with E-state index in [4.69, 9.17) is 22.6 Å². The Morgan fingerprint density at radius 3 is 1.86 bits per heavy atom. The van der Waals surface area contributed by atoms with Crippen molar-refractivity contribution < 1.29 is 86.9 Å². The second-order valence-electron chi connectivity index (χ2n) is 27.9. The highest BCUT2D eigenvalue weighted by molar-refractivity contribution is 8.76. The summed E-state index contributed by atoms with van der Waals surface area (Å²) in [6, 6.07) is -6.09. The highest BCUT2D eigenvalue weighted by Crippen LogP contribution is 2.26. The van der Waals surface area contributed by atoms with E-state index in [1.807, 2.05) is 0 Å². The number of aliphatic hydroxyl groups excluding tert-OH is 1. The van der Waals surface area contributed by atoms with E-state index in [1.54, 1.807) is 80.2 Å². The number of hydrogen-bond acceptors (Lipinski definition) is 21. The Balaban J connectivity index is 1.48. The Kier molecular flexibility index (Phi) is 35.0. The number of aromatic amines is 2. The third kappa shape index (κ3) is 27.8. The second-order valence-corrected chi connectivity index (χ2v) is 30.5. The number of aromatic nitrogens is 4. The van der Waals surface area contributed by atoms with Crippen LogP contribution in [0.25, 0.3) is 21.8 Å². The van der Waals surface area contributed by atoms with Gasteiger partial charge in [0, 0.05) is 104 Å². The number of aliphatic hydroxyl groups is 1. The van der Waals surface area contributed by atoms with Crippen LogP contribution in [0.1, 0.15) is 104 Å². The molecule has 0 saturated carbocycles. The van der Waals surface area contributed by atoms with Gasteiger partial charge >= 0.3 is 5.97 Å². The number of amides is 15. The molecule has 0 aliphatic carbocycles. The van der Waals surface area contributed by atoms with Crippen LogP contribution in [0.5, 0.6) is 0 Å². The average Bonchev–Trinajstić information content (AvgIpc) is 1.65. The summed E-state index contributed by atoms with van der Waals surface area (Å²) in [7, 11) is 3.37. The van der Waals surface area contributed by atoms with Gasteiger partial charge in [0.15, 0.2) is 5.96 Å². The number of H-pyrrole nitrogens is 2. The minimum Gasteiger partial charge on any atom is -0.481 e. The Morgan fingerprint density at radius 1 is 0.658 bits per heavy atom. The molecule has 114 heavy (non-hydrogen) atoms. The summed E-state index contributed by atoms with van der Waals surface area (Å²) in [6.07, 6.45) is 0.938. The molecule has 620 valence electrons. The smallest absolute Gasteiger partial charge is 0.305 e. The fourth-order valence-corrected chi connectivity index (χ4v) is 14.5. The molecule has 0 radical (unpaired) electrons. The molecule has 1 aliphatic rings. The molecule has 15 amide bonds. The predicted molar refractivity (Wildman–Crippen MR) is 418 cm³/mol. The number of carboxylic acid groups (broad SMARTS) is 1. The molecule has 2 aromatic carbocycles. The van der Waals surface area contributed by atoms with Crippen molar-refractivity contribution >= 4 is 144 Å². The van der Waals surface area contributed by atoms with Crippen LogP contribution in [0.3, 0.4) is 0 Å². The standard InChI is InChI=1S/C72H102N22O18S2/c1-9-35(4)58(83-38(7)96)71(112)91-52-32-114-113-31-51(69(110)93-59(37(6)95)60(74)101)90-63(104)45(18-14-22-78-72(75)76)84-66(107)49(25-41-28-77-33-81-41)86-61(102)36(5)82-55(98)29-80-62(103)47(23-39-27-79-44-17-12-10-15-42(39)44)87-67(108)50(26-56(99)100)88-64(105)46(20-21-54(73)97)85-65(106)48(89-70(111)57(34(2)3)92-68(52)109)24-40-30-94(8)53-19-13-11-16-43(40)53/h10-13,15-17,19,27-28,30,33-37,45-52,57-59,79,95H,9,14,18,20-26,29,31-32H2,1-8H3,(H2,73,97)(H2,74,101)(H,77,81)(H,80,103)(H,82,98)(H,83,96)(H,84,107)(H,85,106)(H,86,102)(H,87,108)(H,88,105)(H,89,111)(H,90,104)(H,91,112)(H,92,109)(H,93,110)(H,99,100)(H4,75,76,78)/t35-,36-,37+,45-,46-,47-,48-,49-,50?,51-,52?,57-,58-,59-/m0/s1. The molecule has 1 aliphatic heterocycles. The number of guanidine groups is 1. The fourth-order valence-electron chi connectivity index (χ4n) is 12.1. The SMILES string of the molecule is CC[C@H](C)[C@H](NC(C)=O)C(=O)NC1CSSC[C@@H](C(=O)N[C@H](C(N)=O)[C@@H](C)O)NC(=O)[C@H](CCCNC(=N)N)NC(=O)[C@H](Cc2cnc[nH]2)NC(=O)[C@H](C)NC(=O)CNC(=O)[C@H](Cc2c[nH]c3ccccc23)NC(=O)C(CC(=O)O)NC(=O)[C@H](CCC(N)=O)NC(=O)[C@H](Cc2cn(C)c3ccccc23)NC(=O)[C@H](C(C)C)NC1=O. The highest BCUT2D eigenvalue weighted by Gasteiger charge is 2.39. The van der Waals surface area contributed by atoms with Gasteiger partial charge in [0.25, 0.3) is 0 Å². The number of carbonyl (C=O) groups is 16. The van der Waals surface area contributed by atoms with Crippen molar-refractivity contribution in [1.29, 1.82) is 5.41 Å². The number of aryl methyl sites for hydroxylation is 1. The first kappa shape index (κ1) is 91.1. The van der Waals surface area contributed by atoms with Gasteiger partial charge in [0.1, 0.15) is 72.5 Å². The summed E-state index contributed by atoms with van der Waals surface area (Å²) >= 11 is 0. The number of primary amides is 2. The number of imidazole rings is 1. The predicted octanol–water partition coefficient (Wildman–Crippen LogP) is -4.65. The average molecular weight is 1630 g/mol. The van der Waals surface area contributed by atoms with Crippen LogP contribution in [0.15, 0.2) is 73.4 Å². The summed E-state index contributed by atoms with van der Waals surface area (Å²) in [5, 5.41) is 65.1. The Morgan fingerprint density at radius 2 is 1.24 bits per heavy atom. The lowest BCUT2D eigenvalue weighted by Gasteiger charge is -2.29. The van der Waals surface area contributed by atoms with Crippen LogP contribution in [0, 0.1) is 17.2 Å². The zero-order valence-corrected chi connectivity index (χ0v) is 65.8. The number of carbonyl (C=O) groups excluding carboxylic acids is 15. The zero-order valence-electron chi connectivity index (χ0n) is 64.2. The minimum absolute atomic E-state index is 0.00256. The number of para-hydroxylation sites is 2. The number of benzene rings is 2. The Hall–Kier alpha value is -11.8. The Bertz CT molecular complexity index is 4310. The van der Waals surface area contributed by atoms with E-state index in [9.17, 15) is 72.5 Å². The Labute approximate surface area is 663 Å². The molecule has 1 saturated heterocycles. The van der Waals surface area contributed by atoms with Crippen LogP contribution in [0.4, 0.5) is 0 Å². The van der Waals surface area contributed by atoms with E-state index >= 15 is 14.4 Å². The number of nitrogens with two attached hydrogens (primary N) is 3. The first-order chi connectivity index (χ1) is 53.9. The number of hydrogen-bond donors (Lipinski definition) is 22. The van der Waals surface area contributed by atoms with E-state index in [0.29, 0.717) is 39.4 Å². The lowest BCUT2D eigenvalue weighted by molar-refractivity contribution is -0.141. The lowest BCUT2D eigenvalue weighted by Crippen LogP contribution is -2.61. The molecule has 14 atom stereocenters. The second kappa shape index (κ2) is 43.8. The molecule has 0 spiro atoms. The van der Waals surface area contributed by atoms with Crippen molar-refractivity contribution in [1.82, 2.24) is 94.0 Å². The van der Waals surface area contributed by atoms with E-state index in [2.05, 4.69) is 89.4 Å². The number of nitrogens with one attached hydrogen (secondary N) is 17. The summed E-state index contributed by atoms with van der Waals surface area (Å²) in [5.74, 6) is -19.9. The van der Waals surface area contributed by atoms with Gasteiger partial charge < -0.3 is 116 Å². The van der Waals surface area contributed by atoms with Crippen LogP contribution in [-0.2, 0) is 103 Å². The van der Waals surface area contributed by atoms with Gasteiger partial charge in [-0.3, -0.25) is 82.1 Å². The van der Waals surface area contributed by atoms with E-state index in [0.717, 1.165) is 28.5 Å². The van der Waals surface area contributed by atoms with Crippen molar-refractivity contribution in [2.75, 3.05) is 24.6 Å². The number of rotatable bonds is 25. The summed E-state index contributed by atoms with van der Waals surface area (Å²) in [6.45, 7) is 9.12. The molecule has 3 aromatic heterocycles. The number of fused-ring (bicyclic) bond motifs is 2. The largest absolute Gasteiger partial charge is 0.481 e. The topological polar surface area (TPSA) is 633 Å². The van der Waals surface area contributed by atoms with Gasteiger partial charge in [-0.25, -0.2) is 4.98 Å². The number of carboxylic acids is 1. The molecule has 5 aromatic rings. The van der Waals surface area contributed by atoms with Gasteiger partial charge in [0.2, 0.25) is 88.6 Å². The summed E-state index contributed by atoms with van der Waals surface area (Å²) < 4.78 is 1.74. The molecule has 2 unspecified atom stereocenters. The maximum atomic E-state index is 15.2. The first-order valence-electron chi connectivity index (χ1n) is 36.7. The van der Waals surface area contributed by atoms with Crippen molar-refractivity contribution in [3.63, 3.8) is 0 Å². The van der Waals surface area contributed by atoms with Crippen LogP contribution >= 0.6 is 21.6 Å². The third-order valence-electron chi connectivity index (χ3n) is 18.5. The fraction of sp³-hybridized carbons (Fsp3) is 0.500. The van der Waals surface area contributed by atoms with Crippen molar-refractivity contribution in [3.8, 4) is 0 Å². The van der Waals surface area contributed by atoms with Crippen molar-refractivity contribution in [2.24, 2.45) is 36.1 Å². The van der Waals surface area contributed by atoms with E-state index < -0.39 is 228 Å². The van der Waals surface area contributed by atoms with E-state index in [1.165, 1.54) is 46.4 Å². The molecule has 40 nitrogen and oxygen atoms in total. The number of nitrogens with zero attached hydrogens (tertiary/aromatic N) is 2. The van der Waals surface area contributed by atoms with Gasteiger partial charge in [-0.1, -0.05) is 92.1 Å². The summed E-state index contributed by atoms with van der Waals surface area (Å²) in [4.78, 5) is 236. The van der Waals surface area contributed by atoms with Crippen LogP contribution in [0.2, 0.25) is 0 Å².